The normalized spacial score (nSPS) is 21.6. The molecule has 0 unspecified atom stereocenters. The molecule has 0 saturated heterocycles. The molecule has 10 heavy (non-hydrogen) atoms. The molecule has 0 radical (unpaired) electrons. The quantitative estimate of drug-likeness (QED) is 0.509. The second-order valence-electron chi connectivity index (χ2n) is 2.36. The van der Waals surface area contributed by atoms with Crippen LogP contribution in [0.4, 0.5) is 0 Å². The fourth-order valence-electron chi connectivity index (χ4n) is 1.07. The van der Waals surface area contributed by atoms with Crippen LogP contribution < -0.4 is 0 Å². The molecule has 0 N–H and O–H groups in total. The topological polar surface area (TPSA) is 0 Å². The first kappa shape index (κ1) is 6.05. The summed E-state index contributed by atoms with van der Waals surface area (Å²) in [6, 6.07) is 0. The van der Waals surface area contributed by atoms with E-state index in [2.05, 4.69) is 35.8 Å². The van der Waals surface area contributed by atoms with E-state index in [1.54, 1.807) is 0 Å². The van der Waals surface area contributed by atoms with Crippen LogP contribution in [0.5, 0.6) is 0 Å². The van der Waals surface area contributed by atoms with Gasteiger partial charge in [0.1, 0.15) is 0 Å². The van der Waals surface area contributed by atoms with Crippen molar-refractivity contribution in [1.29, 1.82) is 0 Å². The molecular weight excluding hydrogens is 140 g/mol. The lowest BCUT2D eigenvalue weighted by atomic mass is 10.2. The first-order valence-electron chi connectivity index (χ1n) is 3.35. The smallest absolute Gasteiger partial charge is 0.00379 e. The van der Waals surface area contributed by atoms with E-state index >= 15 is 0 Å². The van der Waals surface area contributed by atoms with Gasteiger partial charge in [0.15, 0.2) is 0 Å². The zero-order chi connectivity index (χ0) is 6.81. The van der Waals surface area contributed by atoms with E-state index in [9.17, 15) is 0 Å². The monoisotopic (exact) mass is 148 g/mol. The standard InChI is InChI=1S/C9H8S/c1-2-4-9-7-8(3-1)5-6-10-9/h1-6H,7H2. The summed E-state index contributed by atoms with van der Waals surface area (Å²) in [5.41, 5.74) is 1.42. The lowest BCUT2D eigenvalue weighted by Gasteiger charge is -2.07. The van der Waals surface area contributed by atoms with Crippen LogP contribution >= 0.6 is 11.8 Å². The van der Waals surface area contributed by atoms with Gasteiger partial charge >= 0.3 is 0 Å². The van der Waals surface area contributed by atoms with Crippen molar-refractivity contribution in [3.05, 3.63) is 46.3 Å². The van der Waals surface area contributed by atoms with Gasteiger partial charge in [0.05, 0.1) is 0 Å². The minimum absolute atomic E-state index is 1.12. The van der Waals surface area contributed by atoms with Crippen LogP contribution in [0.15, 0.2) is 46.3 Å². The van der Waals surface area contributed by atoms with Gasteiger partial charge in [0.2, 0.25) is 0 Å². The van der Waals surface area contributed by atoms with Gasteiger partial charge in [-0.1, -0.05) is 30.4 Å². The van der Waals surface area contributed by atoms with Crippen LogP contribution in [0.3, 0.4) is 0 Å². The first-order valence-corrected chi connectivity index (χ1v) is 4.23. The second-order valence-corrected chi connectivity index (χ2v) is 3.39. The Morgan fingerprint density at radius 1 is 1.20 bits per heavy atom. The zero-order valence-electron chi connectivity index (χ0n) is 5.58. The molecule has 1 aliphatic heterocycles. The highest BCUT2D eigenvalue weighted by Crippen LogP contribution is 2.31. The summed E-state index contributed by atoms with van der Waals surface area (Å²) in [5, 5.41) is 2.15. The van der Waals surface area contributed by atoms with E-state index in [4.69, 9.17) is 0 Å². The summed E-state index contributed by atoms with van der Waals surface area (Å²) in [5.74, 6) is 0. The van der Waals surface area contributed by atoms with Gasteiger partial charge < -0.3 is 0 Å². The highest BCUT2D eigenvalue weighted by molar-refractivity contribution is 8.05. The van der Waals surface area contributed by atoms with Crippen molar-refractivity contribution in [3.8, 4) is 0 Å². The molecule has 0 amide bonds. The third kappa shape index (κ3) is 1.09. The van der Waals surface area contributed by atoms with Gasteiger partial charge in [-0.15, -0.1) is 11.8 Å². The number of fused-ring (bicyclic) bond motifs is 2. The number of rotatable bonds is 0. The van der Waals surface area contributed by atoms with E-state index in [1.165, 1.54) is 10.5 Å². The predicted molar refractivity (Wildman–Crippen MR) is 46.7 cm³/mol. The largest absolute Gasteiger partial charge is 0.102 e. The zero-order valence-corrected chi connectivity index (χ0v) is 6.40. The van der Waals surface area contributed by atoms with Crippen molar-refractivity contribution in [3.63, 3.8) is 0 Å². The third-order valence-corrected chi connectivity index (χ3v) is 2.44. The Bertz CT molecular complexity index is 254. The van der Waals surface area contributed by atoms with Gasteiger partial charge in [0, 0.05) is 6.42 Å². The van der Waals surface area contributed by atoms with Crippen LogP contribution in [0.25, 0.3) is 0 Å². The van der Waals surface area contributed by atoms with Crippen LogP contribution in [0.1, 0.15) is 6.42 Å². The molecular formula is C9H8S. The lowest BCUT2D eigenvalue weighted by molar-refractivity contribution is 1.26. The minimum atomic E-state index is 1.12. The van der Waals surface area contributed by atoms with E-state index in [1.807, 2.05) is 11.8 Å². The average molecular weight is 148 g/mol. The highest BCUT2D eigenvalue weighted by Gasteiger charge is 2.04. The lowest BCUT2D eigenvalue weighted by Crippen LogP contribution is -1.83. The molecule has 1 heterocycles. The molecule has 0 atom stereocenters. The Morgan fingerprint density at radius 3 is 3.10 bits per heavy atom. The SMILES string of the molecule is C1=CC=C2CC(=C1)C=CS2. The summed E-state index contributed by atoms with van der Waals surface area (Å²) in [6.45, 7) is 0. The molecule has 50 valence electrons. The van der Waals surface area contributed by atoms with Crippen molar-refractivity contribution in [2.45, 2.75) is 6.42 Å². The molecule has 0 spiro atoms. The van der Waals surface area contributed by atoms with Crippen LogP contribution in [0, 0.1) is 0 Å². The van der Waals surface area contributed by atoms with Crippen LogP contribution in [0.2, 0.25) is 0 Å². The third-order valence-electron chi connectivity index (χ3n) is 1.58. The molecule has 1 heteroatoms. The second kappa shape index (κ2) is 2.51. The maximum atomic E-state index is 2.18. The molecule has 2 bridgehead atoms. The van der Waals surface area contributed by atoms with E-state index < -0.39 is 0 Å². The highest BCUT2D eigenvalue weighted by atomic mass is 32.2. The van der Waals surface area contributed by atoms with Gasteiger partial charge in [-0.05, 0) is 15.9 Å². The number of allylic oxidation sites excluding steroid dienone is 7. The van der Waals surface area contributed by atoms with Gasteiger partial charge in [0.25, 0.3) is 0 Å². The van der Waals surface area contributed by atoms with Crippen molar-refractivity contribution in [2.75, 3.05) is 0 Å². The Hall–Kier alpha value is -0.690. The summed E-state index contributed by atoms with van der Waals surface area (Å²) < 4.78 is 0. The van der Waals surface area contributed by atoms with E-state index in [0.717, 1.165) is 6.42 Å². The van der Waals surface area contributed by atoms with Crippen molar-refractivity contribution < 1.29 is 0 Å². The van der Waals surface area contributed by atoms with E-state index in [0.29, 0.717) is 0 Å². The van der Waals surface area contributed by atoms with Crippen molar-refractivity contribution >= 4 is 11.8 Å². The Labute approximate surface area is 65.0 Å². The Balaban J connectivity index is 2.44. The molecule has 1 aliphatic carbocycles. The molecule has 0 aromatic rings. The summed E-state index contributed by atoms with van der Waals surface area (Å²) in [4.78, 5) is 1.45. The maximum Gasteiger partial charge on any atom is 0.00379 e. The molecule has 0 saturated carbocycles. The summed E-state index contributed by atoms with van der Waals surface area (Å²) >= 11 is 1.82. The van der Waals surface area contributed by atoms with Gasteiger partial charge in [-0.25, -0.2) is 0 Å². The molecule has 0 aromatic heterocycles. The average Bonchev–Trinajstić information content (AvgIpc) is 2.12. The molecule has 2 aliphatic rings. The van der Waals surface area contributed by atoms with Gasteiger partial charge in [-0.3, -0.25) is 0 Å². The van der Waals surface area contributed by atoms with Crippen molar-refractivity contribution in [1.82, 2.24) is 0 Å². The Morgan fingerprint density at radius 2 is 2.10 bits per heavy atom. The van der Waals surface area contributed by atoms with Crippen LogP contribution in [-0.2, 0) is 0 Å². The molecule has 0 aromatic carbocycles. The molecule has 0 nitrogen and oxygen atoms in total. The summed E-state index contributed by atoms with van der Waals surface area (Å²) in [6.07, 6.45) is 11.8. The maximum absolute atomic E-state index is 2.18. The fourth-order valence-corrected chi connectivity index (χ4v) is 1.89. The number of hydrogen-bond donors (Lipinski definition) is 0. The predicted octanol–water partition coefficient (Wildman–Crippen LogP) is 3.02. The first-order chi connectivity index (χ1) is 4.95. The number of hydrogen-bond acceptors (Lipinski definition) is 1. The Kier molecular flexibility index (Phi) is 1.52. The van der Waals surface area contributed by atoms with E-state index in [-0.39, 0.29) is 0 Å². The minimum Gasteiger partial charge on any atom is -0.102 e. The van der Waals surface area contributed by atoms with Crippen molar-refractivity contribution in [2.24, 2.45) is 0 Å². The number of thioether (sulfide) groups is 1. The summed E-state index contributed by atoms with van der Waals surface area (Å²) in [7, 11) is 0. The van der Waals surface area contributed by atoms with Crippen LogP contribution in [-0.4, -0.2) is 0 Å². The van der Waals surface area contributed by atoms with Gasteiger partial charge in [-0.2, -0.15) is 0 Å². The fraction of sp³-hybridized carbons (Fsp3) is 0.111. The molecule has 0 fully saturated rings. The molecule has 2 rings (SSSR count).